The van der Waals surface area contributed by atoms with E-state index in [1.54, 1.807) is 18.2 Å². The summed E-state index contributed by atoms with van der Waals surface area (Å²) in [6.07, 6.45) is 0. The highest BCUT2D eigenvalue weighted by atomic mass is 35.5. The number of carbonyl (C=O) groups is 1. The van der Waals surface area contributed by atoms with Crippen LogP contribution in [-0.2, 0) is 4.79 Å². The summed E-state index contributed by atoms with van der Waals surface area (Å²) in [6.45, 7) is 3.87. The maximum absolute atomic E-state index is 11.3. The molecule has 0 amide bonds. The highest BCUT2D eigenvalue weighted by molar-refractivity contribution is 6.31. The summed E-state index contributed by atoms with van der Waals surface area (Å²) < 4.78 is 10.6. The van der Waals surface area contributed by atoms with Crippen LogP contribution in [0.3, 0.4) is 0 Å². The lowest BCUT2D eigenvalue weighted by molar-refractivity contribution is -0.116. The first-order valence-electron chi connectivity index (χ1n) is 5.06. The summed E-state index contributed by atoms with van der Waals surface area (Å²) in [4.78, 5) is 11.3. The lowest BCUT2D eigenvalue weighted by Crippen LogP contribution is -2.05. The first-order valence-corrected chi connectivity index (χ1v) is 5.49. The van der Waals surface area contributed by atoms with Crippen molar-refractivity contribution in [2.75, 3.05) is 13.7 Å². The second-order valence-electron chi connectivity index (χ2n) is 3.28. The fourth-order valence-corrected chi connectivity index (χ4v) is 1.61. The van der Waals surface area contributed by atoms with Crippen LogP contribution in [0.1, 0.15) is 24.8 Å². The van der Waals surface area contributed by atoms with Gasteiger partial charge in [0.15, 0.2) is 17.3 Å². The van der Waals surface area contributed by atoms with Gasteiger partial charge >= 0.3 is 0 Å². The fourth-order valence-electron chi connectivity index (χ4n) is 1.44. The van der Waals surface area contributed by atoms with E-state index in [1.165, 1.54) is 14.0 Å². The zero-order valence-electron chi connectivity index (χ0n) is 9.62. The fraction of sp³-hybridized carbons (Fsp3) is 0.417. The molecule has 1 aromatic rings. The Hall–Kier alpha value is -1.22. The largest absolute Gasteiger partial charge is 0.493 e. The molecular weight excluding hydrogens is 228 g/mol. The highest BCUT2D eigenvalue weighted by Gasteiger charge is 2.20. The van der Waals surface area contributed by atoms with Crippen LogP contribution in [0.5, 0.6) is 11.5 Å². The predicted octanol–water partition coefficient (Wildman–Crippen LogP) is 2.96. The summed E-state index contributed by atoms with van der Waals surface area (Å²) >= 11 is 6.01. The van der Waals surface area contributed by atoms with Gasteiger partial charge in [0.2, 0.25) is 0 Å². The van der Waals surface area contributed by atoms with Gasteiger partial charge in [-0.2, -0.15) is 0 Å². The molecule has 88 valence electrons. The Bertz CT molecular complexity index is 377. The third-order valence-electron chi connectivity index (χ3n) is 2.14. The van der Waals surface area contributed by atoms with Gasteiger partial charge in [-0.3, -0.25) is 4.79 Å². The monoisotopic (exact) mass is 242 g/mol. The number of hydrogen-bond donors (Lipinski definition) is 0. The first kappa shape index (κ1) is 12.8. The molecular formula is C12H15ClO3. The molecule has 0 radical (unpaired) electrons. The molecule has 0 bridgehead atoms. The van der Waals surface area contributed by atoms with Gasteiger partial charge in [-0.05, 0) is 19.9 Å². The predicted molar refractivity (Wildman–Crippen MR) is 63.4 cm³/mol. The number of rotatable bonds is 5. The van der Waals surface area contributed by atoms with Gasteiger partial charge in [-0.1, -0.05) is 12.1 Å². The second-order valence-corrected chi connectivity index (χ2v) is 3.72. The minimum absolute atomic E-state index is 0.117. The Morgan fingerprint density at radius 3 is 2.69 bits per heavy atom. The molecule has 1 unspecified atom stereocenters. The van der Waals surface area contributed by atoms with E-state index in [0.29, 0.717) is 23.7 Å². The number of alkyl halides is 1. The number of methoxy groups -OCH3 is 1. The molecule has 0 aliphatic heterocycles. The minimum atomic E-state index is -0.699. The molecule has 0 saturated carbocycles. The van der Waals surface area contributed by atoms with Gasteiger partial charge < -0.3 is 9.47 Å². The maximum Gasteiger partial charge on any atom is 0.165 e. The molecule has 16 heavy (non-hydrogen) atoms. The summed E-state index contributed by atoms with van der Waals surface area (Å²) in [7, 11) is 1.53. The van der Waals surface area contributed by atoms with Crippen molar-refractivity contribution in [1.82, 2.24) is 0 Å². The number of benzene rings is 1. The average molecular weight is 243 g/mol. The van der Waals surface area contributed by atoms with Crippen LogP contribution in [0, 0.1) is 0 Å². The zero-order valence-corrected chi connectivity index (χ0v) is 10.4. The van der Waals surface area contributed by atoms with Crippen LogP contribution in [0.15, 0.2) is 18.2 Å². The third-order valence-corrected chi connectivity index (χ3v) is 2.69. The average Bonchev–Trinajstić information content (AvgIpc) is 2.28. The van der Waals surface area contributed by atoms with Crippen LogP contribution >= 0.6 is 11.6 Å². The highest BCUT2D eigenvalue weighted by Crippen LogP contribution is 2.37. The topological polar surface area (TPSA) is 35.5 Å². The molecule has 0 spiro atoms. The Labute approximate surface area is 100 Å². The maximum atomic E-state index is 11.3. The lowest BCUT2D eigenvalue weighted by atomic mass is 10.1. The van der Waals surface area contributed by atoms with E-state index in [4.69, 9.17) is 21.1 Å². The summed E-state index contributed by atoms with van der Waals surface area (Å²) in [5.41, 5.74) is 0.641. The van der Waals surface area contributed by atoms with E-state index >= 15 is 0 Å². The van der Waals surface area contributed by atoms with Crippen molar-refractivity contribution in [2.24, 2.45) is 0 Å². The van der Waals surface area contributed by atoms with Crippen molar-refractivity contribution in [3.8, 4) is 11.5 Å². The van der Waals surface area contributed by atoms with Crippen molar-refractivity contribution in [1.29, 1.82) is 0 Å². The quantitative estimate of drug-likeness (QED) is 0.745. The van der Waals surface area contributed by atoms with Crippen molar-refractivity contribution in [3.63, 3.8) is 0 Å². The van der Waals surface area contributed by atoms with Gasteiger partial charge in [0, 0.05) is 5.56 Å². The second kappa shape index (κ2) is 5.75. The molecule has 0 saturated heterocycles. The van der Waals surface area contributed by atoms with Crippen LogP contribution in [-0.4, -0.2) is 19.5 Å². The molecule has 0 fully saturated rings. The normalized spacial score (nSPS) is 12.0. The summed E-state index contributed by atoms with van der Waals surface area (Å²) in [5.74, 6) is 1.02. The number of halogens is 1. The third kappa shape index (κ3) is 2.67. The number of Topliss-reactive ketones (excluding diaryl/α,β-unsaturated/α-hetero) is 1. The van der Waals surface area contributed by atoms with Gasteiger partial charge in [0.1, 0.15) is 5.38 Å². The Kier molecular flexibility index (Phi) is 4.62. The van der Waals surface area contributed by atoms with Crippen molar-refractivity contribution < 1.29 is 14.3 Å². The Balaban J connectivity index is 3.17. The van der Waals surface area contributed by atoms with Crippen LogP contribution in [0.4, 0.5) is 0 Å². The van der Waals surface area contributed by atoms with E-state index in [1.807, 2.05) is 6.92 Å². The van der Waals surface area contributed by atoms with E-state index < -0.39 is 5.38 Å². The van der Waals surface area contributed by atoms with Crippen molar-refractivity contribution in [3.05, 3.63) is 23.8 Å². The molecule has 3 nitrogen and oxygen atoms in total. The van der Waals surface area contributed by atoms with Gasteiger partial charge in [0.25, 0.3) is 0 Å². The number of carbonyl (C=O) groups excluding carboxylic acids is 1. The van der Waals surface area contributed by atoms with Gasteiger partial charge in [-0.15, -0.1) is 11.6 Å². The van der Waals surface area contributed by atoms with Gasteiger partial charge in [0.05, 0.1) is 13.7 Å². The summed E-state index contributed by atoms with van der Waals surface area (Å²) in [6, 6.07) is 5.34. The van der Waals surface area contributed by atoms with E-state index in [-0.39, 0.29) is 5.78 Å². The molecule has 1 rings (SSSR count). The number of ketones is 1. The first-order chi connectivity index (χ1) is 7.61. The molecule has 4 heteroatoms. The van der Waals surface area contributed by atoms with E-state index in [9.17, 15) is 4.79 Å². The van der Waals surface area contributed by atoms with E-state index in [2.05, 4.69) is 0 Å². The van der Waals surface area contributed by atoms with Crippen molar-refractivity contribution in [2.45, 2.75) is 19.2 Å². The molecule has 0 aliphatic rings. The Morgan fingerprint density at radius 1 is 1.50 bits per heavy atom. The van der Waals surface area contributed by atoms with E-state index in [0.717, 1.165) is 0 Å². The molecule has 1 aromatic carbocycles. The summed E-state index contributed by atoms with van der Waals surface area (Å²) in [5, 5.41) is -0.699. The SMILES string of the molecule is CCOc1cccc(C(Cl)C(C)=O)c1OC. The van der Waals surface area contributed by atoms with Crippen LogP contribution in [0.2, 0.25) is 0 Å². The molecule has 0 aromatic heterocycles. The lowest BCUT2D eigenvalue weighted by Gasteiger charge is -2.15. The van der Waals surface area contributed by atoms with Crippen LogP contribution < -0.4 is 9.47 Å². The Morgan fingerprint density at radius 2 is 2.19 bits per heavy atom. The number of hydrogen-bond acceptors (Lipinski definition) is 3. The standard InChI is InChI=1S/C12H15ClO3/c1-4-16-10-7-5-6-9(12(10)15-3)11(13)8(2)14/h5-7,11H,4H2,1-3H3. The zero-order chi connectivity index (χ0) is 12.1. The minimum Gasteiger partial charge on any atom is -0.493 e. The van der Waals surface area contributed by atoms with Crippen LogP contribution in [0.25, 0.3) is 0 Å². The smallest absolute Gasteiger partial charge is 0.165 e. The molecule has 0 N–H and O–H groups in total. The number of para-hydroxylation sites is 1. The molecule has 1 atom stereocenters. The van der Waals surface area contributed by atoms with Crippen molar-refractivity contribution >= 4 is 17.4 Å². The molecule has 0 heterocycles. The molecule has 0 aliphatic carbocycles. The van der Waals surface area contributed by atoms with Gasteiger partial charge in [-0.25, -0.2) is 0 Å². The number of ether oxygens (including phenoxy) is 2.